The molecule has 0 heterocycles. The van der Waals surface area contributed by atoms with E-state index in [1.54, 1.807) is 38.5 Å². The van der Waals surface area contributed by atoms with Gasteiger partial charge in [0, 0.05) is 5.92 Å². The van der Waals surface area contributed by atoms with Crippen molar-refractivity contribution in [3.63, 3.8) is 0 Å². The molecule has 0 radical (unpaired) electrons. The summed E-state index contributed by atoms with van der Waals surface area (Å²) in [5.74, 6) is 2.76. The molecule has 3 rings (SSSR count). The maximum Gasteiger partial charge on any atom is 0.123 e. The van der Waals surface area contributed by atoms with Crippen molar-refractivity contribution >= 4 is 6.29 Å². The lowest BCUT2D eigenvalue weighted by molar-refractivity contribution is -0.113. The fraction of sp³-hybridized carbons (Fsp3) is 0.929. The van der Waals surface area contributed by atoms with Gasteiger partial charge in [0.1, 0.15) is 6.29 Å². The largest absolute Gasteiger partial charge is 0.303 e. The van der Waals surface area contributed by atoms with Crippen molar-refractivity contribution in [2.75, 3.05) is 0 Å². The SMILES string of the molecule is C1CC(CCC2CC2)C1.O=CC1CCC1. The molecule has 0 amide bonds. The van der Waals surface area contributed by atoms with Gasteiger partial charge >= 0.3 is 0 Å². The van der Waals surface area contributed by atoms with E-state index in [2.05, 4.69) is 0 Å². The lowest BCUT2D eigenvalue weighted by Gasteiger charge is -2.24. The first kappa shape index (κ1) is 11.2. The summed E-state index contributed by atoms with van der Waals surface area (Å²) in [6.45, 7) is 0. The van der Waals surface area contributed by atoms with Gasteiger partial charge < -0.3 is 4.79 Å². The molecule has 3 aliphatic rings. The molecule has 0 saturated heterocycles. The van der Waals surface area contributed by atoms with Gasteiger partial charge in [0.15, 0.2) is 0 Å². The molecule has 1 heteroatoms. The fourth-order valence-corrected chi connectivity index (χ4v) is 2.24. The summed E-state index contributed by atoms with van der Waals surface area (Å²) in [6, 6.07) is 0. The zero-order valence-corrected chi connectivity index (χ0v) is 9.79. The Morgan fingerprint density at radius 2 is 1.33 bits per heavy atom. The second kappa shape index (κ2) is 5.67. The summed E-state index contributed by atoms with van der Waals surface area (Å²) in [5.41, 5.74) is 0. The second-order valence-electron chi connectivity index (χ2n) is 5.64. The molecule has 0 aromatic carbocycles. The van der Waals surface area contributed by atoms with Gasteiger partial charge in [-0.2, -0.15) is 0 Å². The molecular formula is C14H24O. The number of carbonyl (C=O) groups is 1. The van der Waals surface area contributed by atoms with E-state index < -0.39 is 0 Å². The van der Waals surface area contributed by atoms with Crippen LogP contribution in [0.4, 0.5) is 0 Å². The molecule has 0 aromatic rings. The van der Waals surface area contributed by atoms with Crippen molar-refractivity contribution in [2.45, 2.75) is 64.2 Å². The highest BCUT2D eigenvalue weighted by Gasteiger charge is 2.24. The van der Waals surface area contributed by atoms with Crippen LogP contribution in [-0.4, -0.2) is 6.29 Å². The first-order valence-electron chi connectivity index (χ1n) is 6.84. The molecule has 3 saturated carbocycles. The van der Waals surface area contributed by atoms with E-state index in [1.807, 2.05) is 0 Å². The summed E-state index contributed by atoms with van der Waals surface area (Å²) in [4.78, 5) is 9.79. The van der Waals surface area contributed by atoms with Crippen LogP contribution in [0, 0.1) is 17.8 Å². The normalized spacial score (nSPS) is 25.9. The molecule has 0 spiro atoms. The molecule has 15 heavy (non-hydrogen) atoms. The van der Waals surface area contributed by atoms with E-state index in [0.717, 1.165) is 25.0 Å². The zero-order chi connectivity index (χ0) is 10.5. The predicted molar refractivity (Wildman–Crippen MR) is 62.7 cm³/mol. The summed E-state index contributed by atoms with van der Waals surface area (Å²) in [7, 11) is 0. The monoisotopic (exact) mass is 208 g/mol. The average molecular weight is 208 g/mol. The van der Waals surface area contributed by atoms with Gasteiger partial charge in [-0.25, -0.2) is 0 Å². The maximum absolute atomic E-state index is 9.79. The number of hydrogen-bond acceptors (Lipinski definition) is 1. The second-order valence-corrected chi connectivity index (χ2v) is 5.64. The Morgan fingerprint density at radius 1 is 0.800 bits per heavy atom. The first-order chi connectivity index (χ1) is 7.38. The van der Waals surface area contributed by atoms with Gasteiger partial charge in [0.2, 0.25) is 0 Å². The molecule has 3 fully saturated rings. The molecule has 0 bridgehead atoms. The maximum atomic E-state index is 9.79. The van der Waals surface area contributed by atoms with E-state index in [-0.39, 0.29) is 0 Å². The fourth-order valence-electron chi connectivity index (χ4n) is 2.24. The minimum absolute atomic E-state index is 0.435. The Balaban J connectivity index is 0.000000124. The third-order valence-corrected chi connectivity index (χ3v) is 4.25. The minimum atomic E-state index is 0.435. The highest BCUT2D eigenvalue weighted by atomic mass is 16.1. The van der Waals surface area contributed by atoms with Crippen LogP contribution in [0.1, 0.15) is 64.2 Å². The number of hydrogen-bond donors (Lipinski definition) is 0. The molecule has 3 aliphatic carbocycles. The molecule has 0 atom stereocenters. The average Bonchev–Trinajstić information content (AvgIpc) is 2.84. The topological polar surface area (TPSA) is 17.1 Å². The van der Waals surface area contributed by atoms with Crippen LogP contribution in [0.5, 0.6) is 0 Å². The smallest absolute Gasteiger partial charge is 0.123 e. The highest BCUT2D eigenvalue weighted by molar-refractivity contribution is 5.54. The first-order valence-corrected chi connectivity index (χ1v) is 6.84. The van der Waals surface area contributed by atoms with E-state index in [9.17, 15) is 4.79 Å². The van der Waals surface area contributed by atoms with Crippen LogP contribution < -0.4 is 0 Å². The Labute approximate surface area is 93.6 Å². The molecule has 0 aliphatic heterocycles. The molecule has 1 nitrogen and oxygen atoms in total. The van der Waals surface area contributed by atoms with Gasteiger partial charge in [0.25, 0.3) is 0 Å². The van der Waals surface area contributed by atoms with Crippen LogP contribution in [0.2, 0.25) is 0 Å². The van der Waals surface area contributed by atoms with Crippen molar-refractivity contribution in [3.05, 3.63) is 0 Å². The minimum Gasteiger partial charge on any atom is -0.303 e. The number of aldehydes is 1. The molecule has 86 valence electrons. The summed E-state index contributed by atoms with van der Waals surface area (Å²) in [5, 5.41) is 0. The number of carbonyl (C=O) groups excluding carboxylic acids is 1. The number of rotatable bonds is 4. The van der Waals surface area contributed by atoms with Crippen LogP contribution in [0.15, 0.2) is 0 Å². The standard InChI is InChI=1S/C9H16.C5H8O/c1-2-8(3-1)4-5-9-6-7-9;6-4-5-2-1-3-5/h8-9H,1-7H2;4-5H,1-3H2. The quantitative estimate of drug-likeness (QED) is 0.639. The Morgan fingerprint density at radius 3 is 1.53 bits per heavy atom. The predicted octanol–water partition coefficient (Wildman–Crippen LogP) is 3.96. The van der Waals surface area contributed by atoms with Gasteiger partial charge in [-0.05, 0) is 24.7 Å². The van der Waals surface area contributed by atoms with E-state index in [1.165, 1.54) is 18.8 Å². The molecule has 0 aromatic heterocycles. The Kier molecular flexibility index (Phi) is 4.22. The van der Waals surface area contributed by atoms with E-state index in [4.69, 9.17) is 0 Å². The third-order valence-electron chi connectivity index (χ3n) is 4.25. The van der Waals surface area contributed by atoms with Crippen molar-refractivity contribution < 1.29 is 4.79 Å². The van der Waals surface area contributed by atoms with Gasteiger partial charge in [-0.15, -0.1) is 0 Å². The molecule has 0 N–H and O–H groups in total. The van der Waals surface area contributed by atoms with Crippen molar-refractivity contribution in [1.29, 1.82) is 0 Å². The summed E-state index contributed by atoms with van der Waals surface area (Å²) < 4.78 is 0. The zero-order valence-electron chi connectivity index (χ0n) is 9.79. The lowest BCUT2D eigenvalue weighted by atomic mass is 9.82. The molecule has 0 unspecified atom stereocenters. The lowest BCUT2D eigenvalue weighted by Crippen LogP contribution is -2.10. The van der Waals surface area contributed by atoms with Crippen LogP contribution in [-0.2, 0) is 4.79 Å². The van der Waals surface area contributed by atoms with Gasteiger partial charge in [-0.3, -0.25) is 0 Å². The van der Waals surface area contributed by atoms with Crippen molar-refractivity contribution in [3.8, 4) is 0 Å². The highest BCUT2D eigenvalue weighted by Crippen LogP contribution is 2.38. The van der Waals surface area contributed by atoms with Crippen LogP contribution in [0.25, 0.3) is 0 Å². The van der Waals surface area contributed by atoms with Crippen molar-refractivity contribution in [1.82, 2.24) is 0 Å². The summed E-state index contributed by atoms with van der Waals surface area (Å²) in [6.07, 6.45) is 15.4. The van der Waals surface area contributed by atoms with Crippen molar-refractivity contribution in [2.24, 2.45) is 17.8 Å². The Hall–Kier alpha value is -0.330. The molecular weight excluding hydrogens is 184 g/mol. The van der Waals surface area contributed by atoms with Gasteiger partial charge in [-0.1, -0.05) is 51.4 Å². The van der Waals surface area contributed by atoms with Gasteiger partial charge in [0.05, 0.1) is 0 Å². The Bertz CT molecular complexity index is 188. The van der Waals surface area contributed by atoms with Crippen LogP contribution >= 0.6 is 0 Å². The van der Waals surface area contributed by atoms with E-state index >= 15 is 0 Å². The van der Waals surface area contributed by atoms with Crippen LogP contribution in [0.3, 0.4) is 0 Å². The van der Waals surface area contributed by atoms with E-state index in [0.29, 0.717) is 5.92 Å². The third kappa shape index (κ3) is 3.96. The summed E-state index contributed by atoms with van der Waals surface area (Å²) >= 11 is 0.